The van der Waals surface area contributed by atoms with Crippen LogP contribution in [0.4, 0.5) is 0 Å². The van der Waals surface area contributed by atoms with Gasteiger partial charge >= 0.3 is 11.9 Å². The lowest BCUT2D eigenvalue weighted by Gasteiger charge is -2.30. The van der Waals surface area contributed by atoms with Crippen LogP contribution in [0, 0.1) is 5.92 Å². The molecule has 11 nitrogen and oxygen atoms in total. The van der Waals surface area contributed by atoms with Crippen LogP contribution in [0.5, 0.6) is 0 Å². The van der Waals surface area contributed by atoms with E-state index >= 15 is 0 Å². The molecule has 0 radical (unpaired) electrons. The third-order valence-electron chi connectivity index (χ3n) is 5.89. The molecule has 1 aliphatic heterocycles. The average molecular weight is 489 g/mol. The van der Waals surface area contributed by atoms with Gasteiger partial charge in [0.25, 0.3) is 0 Å². The van der Waals surface area contributed by atoms with Gasteiger partial charge in [0.1, 0.15) is 18.1 Å². The highest BCUT2D eigenvalue weighted by atomic mass is 32.2. The summed E-state index contributed by atoms with van der Waals surface area (Å²) in [6.07, 6.45) is 3.18. The van der Waals surface area contributed by atoms with Gasteiger partial charge in [0.15, 0.2) is 0 Å². The molecule has 0 bridgehead atoms. The molecule has 1 aliphatic rings. The summed E-state index contributed by atoms with van der Waals surface area (Å²) in [6.45, 7) is 4.21. The quantitative estimate of drug-likeness (QED) is 0.225. The highest BCUT2D eigenvalue weighted by molar-refractivity contribution is 7.98. The van der Waals surface area contributed by atoms with Crippen molar-refractivity contribution in [2.24, 2.45) is 11.7 Å². The normalized spacial score (nSPS) is 19.3. The van der Waals surface area contributed by atoms with Gasteiger partial charge in [0, 0.05) is 13.0 Å². The van der Waals surface area contributed by atoms with Crippen molar-refractivity contribution >= 4 is 41.4 Å². The number of carbonyl (C=O) groups is 5. The van der Waals surface area contributed by atoms with E-state index in [2.05, 4.69) is 10.6 Å². The van der Waals surface area contributed by atoms with Gasteiger partial charge in [-0.2, -0.15) is 11.8 Å². The molecule has 3 amide bonds. The second-order valence-electron chi connectivity index (χ2n) is 8.28. The van der Waals surface area contributed by atoms with Gasteiger partial charge in [-0.25, -0.2) is 4.79 Å². The van der Waals surface area contributed by atoms with Crippen molar-refractivity contribution in [1.82, 2.24) is 15.5 Å². The molecule has 0 aromatic heterocycles. The SMILES string of the molecule is CCC(C)C(N)C(=O)N1CCCC1C(=O)NC(CCSC)C(=O)NC(CCC(=O)O)C(=O)O. The highest BCUT2D eigenvalue weighted by Gasteiger charge is 2.38. The first-order chi connectivity index (χ1) is 15.5. The van der Waals surface area contributed by atoms with Crippen LogP contribution in [0.2, 0.25) is 0 Å². The predicted molar refractivity (Wildman–Crippen MR) is 124 cm³/mol. The number of likely N-dealkylation sites (tertiary alicyclic amines) is 1. The molecule has 0 aromatic rings. The summed E-state index contributed by atoms with van der Waals surface area (Å²) in [6, 6.07) is -3.87. The Bertz CT molecular complexity index is 721. The van der Waals surface area contributed by atoms with Gasteiger partial charge in [-0.05, 0) is 43.6 Å². The number of amides is 3. The van der Waals surface area contributed by atoms with Gasteiger partial charge < -0.3 is 31.5 Å². The molecule has 33 heavy (non-hydrogen) atoms. The summed E-state index contributed by atoms with van der Waals surface area (Å²) in [7, 11) is 0. The van der Waals surface area contributed by atoms with Crippen molar-refractivity contribution in [3.05, 3.63) is 0 Å². The lowest BCUT2D eigenvalue weighted by molar-refractivity contribution is -0.144. The van der Waals surface area contributed by atoms with E-state index in [1.165, 1.54) is 16.7 Å². The van der Waals surface area contributed by atoms with E-state index in [1.807, 2.05) is 20.1 Å². The van der Waals surface area contributed by atoms with Gasteiger partial charge in [0.2, 0.25) is 17.7 Å². The molecule has 5 unspecified atom stereocenters. The number of hydrogen-bond donors (Lipinski definition) is 5. The minimum absolute atomic E-state index is 0.0410. The van der Waals surface area contributed by atoms with E-state index < -0.39 is 54.3 Å². The minimum Gasteiger partial charge on any atom is -0.481 e. The molecule has 0 saturated carbocycles. The zero-order chi connectivity index (χ0) is 25.1. The Morgan fingerprint density at radius 3 is 2.33 bits per heavy atom. The van der Waals surface area contributed by atoms with Gasteiger partial charge in [-0.15, -0.1) is 0 Å². The van der Waals surface area contributed by atoms with Gasteiger partial charge in [-0.3, -0.25) is 19.2 Å². The van der Waals surface area contributed by atoms with Crippen molar-refractivity contribution in [1.29, 1.82) is 0 Å². The van der Waals surface area contributed by atoms with E-state index in [4.69, 9.17) is 10.8 Å². The maximum Gasteiger partial charge on any atom is 0.326 e. The standard InChI is InChI=1S/C21H36N4O7S/c1-4-12(2)17(22)20(30)25-10-5-6-15(25)19(29)23-13(9-11-33-3)18(28)24-14(21(31)32)7-8-16(26)27/h12-15,17H,4-11,22H2,1-3H3,(H,23,29)(H,24,28)(H,26,27)(H,31,32). The van der Waals surface area contributed by atoms with E-state index in [0.29, 0.717) is 25.1 Å². The summed E-state index contributed by atoms with van der Waals surface area (Å²) in [5, 5.41) is 23.1. The molecule has 12 heteroatoms. The Hall–Kier alpha value is -2.34. The zero-order valence-electron chi connectivity index (χ0n) is 19.4. The molecule has 1 heterocycles. The smallest absolute Gasteiger partial charge is 0.326 e. The lowest BCUT2D eigenvalue weighted by Crippen LogP contribution is -2.57. The van der Waals surface area contributed by atoms with Crippen molar-refractivity contribution in [3.8, 4) is 0 Å². The van der Waals surface area contributed by atoms with E-state index in [-0.39, 0.29) is 24.7 Å². The van der Waals surface area contributed by atoms with Crippen molar-refractivity contribution in [2.75, 3.05) is 18.6 Å². The summed E-state index contributed by atoms with van der Waals surface area (Å²) in [5.74, 6) is -3.54. The Kier molecular flexibility index (Phi) is 12.2. The molecule has 1 saturated heterocycles. The summed E-state index contributed by atoms with van der Waals surface area (Å²) < 4.78 is 0. The average Bonchev–Trinajstić information content (AvgIpc) is 3.27. The van der Waals surface area contributed by atoms with Crippen LogP contribution in [0.3, 0.4) is 0 Å². The van der Waals surface area contributed by atoms with E-state index in [9.17, 15) is 29.1 Å². The molecule has 1 fully saturated rings. The fourth-order valence-corrected chi connectivity index (χ4v) is 4.03. The Labute approximate surface area is 198 Å². The highest BCUT2D eigenvalue weighted by Crippen LogP contribution is 2.21. The molecular weight excluding hydrogens is 452 g/mol. The van der Waals surface area contributed by atoms with Crippen molar-refractivity contribution < 1.29 is 34.2 Å². The number of nitrogens with one attached hydrogen (secondary N) is 2. The number of rotatable bonds is 14. The summed E-state index contributed by atoms with van der Waals surface area (Å²) >= 11 is 1.45. The van der Waals surface area contributed by atoms with Crippen molar-refractivity contribution in [3.63, 3.8) is 0 Å². The fraction of sp³-hybridized carbons (Fsp3) is 0.762. The zero-order valence-corrected chi connectivity index (χ0v) is 20.2. The largest absolute Gasteiger partial charge is 0.481 e. The Morgan fingerprint density at radius 2 is 1.79 bits per heavy atom. The van der Waals surface area contributed by atoms with Gasteiger partial charge in [-0.1, -0.05) is 20.3 Å². The second-order valence-corrected chi connectivity index (χ2v) is 9.26. The molecule has 0 spiro atoms. The Balaban J connectivity index is 2.90. The fourth-order valence-electron chi connectivity index (χ4n) is 3.56. The van der Waals surface area contributed by atoms with E-state index in [1.54, 1.807) is 0 Å². The van der Waals surface area contributed by atoms with Crippen LogP contribution in [-0.4, -0.2) is 87.5 Å². The molecular formula is C21H36N4O7S. The second kappa shape index (κ2) is 14.0. The number of nitrogens with two attached hydrogens (primary N) is 1. The molecule has 1 rings (SSSR count). The number of thioether (sulfide) groups is 1. The number of carbonyl (C=O) groups excluding carboxylic acids is 3. The van der Waals surface area contributed by atoms with Crippen LogP contribution < -0.4 is 16.4 Å². The topological polar surface area (TPSA) is 179 Å². The number of aliphatic carboxylic acids is 2. The Morgan fingerprint density at radius 1 is 1.12 bits per heavy atom. The first-order valence-electron chi connectivity index (χ1n) is 11.1. The number of carboxylic acid groups (broad SMARTS) is 2. The van der Waals surface area contributed by atoms with Crippen LogP contribution in [0.15, 0.2) is 0 Å². The first kappa shape index (κ1) is 28.7. The number of nitrogens with zero attached hydrogens (tertiary/aromatic N) is 1. The van der Waals surface area contributed by atoms with Crippen LogP contribution in [0.1, 0.15) is 52.4 Å². The third-order valence-corrected chi connectivity index (χ3v) is 6.53. The van der Waals surface area contributed by atoms with E-state index in [0.717, 1.165) is 6.42 Å². The molecule has 0 aliphatic carbocycles. The van der Waals surface area contributed by atoms with Crippen LogP contribution in [0.25, 0.3) is 0 Å². The number of carboxylic acids is 2. The molecule has 0 aromatic carbocycles. The predicted octanol–water partition coefficient (Wildman–Crippen LogP) is 0.0229. The van der Waals surface area contributed by atoms with Crippen LogP contribution >= 0.6 is 11.8 Å². The lowest BCUT2D eigenvalue weighted by atomic mass is 9.98. The van der Waals surface area contributed by atoms with Gasteiger partial charge in [0.05, 0.1) is 6.04 Å². The molecule has 188 valence electrons. The number of hydrogen-bond acceptors (Lipinski definition) is 7. The van der Waals surface area contributed by atoms with Crippen molar-refractivity contribution in [2.45, 2.75) is 76.5 Å². The maximum atomic E-state index is 13.0. The molecule has 5 atom stereocenters. The maximum absolute atomic E-state index is 13.0. The molecule has 6 N–H and O–H groups in total. The monoisotopic (exact) mass is 488 g/mol. The van der Waals surface area contributed by atoms with Crippen LogP contribution in [-0.2, 0) is 24.0 Å². The summed E-state index contributed by atoms with van der Waals surface area (Å²) in [4.78, 5) is 62.2. The minimum atomic E-state index is -1.39. The first-order valence-corrected chi connectivity index (χ1v) is 12.5. The summed E-state index contributed by atoms with van der Waals surface area (Å²) in [5.41, 5.74) is 6.07. The third kappa shape index (κ3) is 8.84.